The van der Waals surface area contributed by atoms with Crippen LogP contribution < -0.4 is 5.73 Å². The molecule has 0 aliphatic rings. The van der Waals surface area contributed by atoms with Crippen LogP contribution in [0.2, 0.25) is 5.02 Å². The van der Waals surface area contributed by atoms with Crippen LogP contribution in [-0.4, -0.2) is 4.98 Å². The van der Waals surface area contributed by atoms with Gasteiger partial charge in [0, 0.05) is 21.9 Å². The molecule has 1 aromatic carbocycles. The number of halogens is 2. The van der Waals surface area contributed by atoms with E-state index in [-0.39, 0.29) is 6.04 Å². The van der Waals surface area contributed by atoms with Crippen LogP contribution in [0.1, 0.15) is 22.7 Å². The first kappa shape index (κ1) is 12.6. The largest absolute Gasteiger partial charge is 0.320 e. The quantitative estimate of drug-likeness (QED) is 0.915. The lowest BCUT2D eigenvalue weighted by Gasteiger charge is -2.14. The van der Waals surface area contributed by atoms with E-state index in [1.165, 1.54) is 0 Å². The Morgan fingerprint density at radius 1 is 1.29 bits per heavy atom. The second kappa shape index (κ2) is 5.17. The van der Waals surface area contributed by atoms with Gasteiger partial charge in [-0.25, -0.2) is 0 Å². The van der Waals surface area contributed by atoms with Crippen LogP contribution in [-0.2, 0) is 0 Å². The summed E-state index contributed by atoms with van der Waals surface area (Å²) in [4.78, 5) is 4.15. The SMILES string of the molecule is Cc1cncc(C(N)c2cc(Cl)ccc2Br)c1. The lowest BCUT2D eigenvalue weighted by atomic mass is 10.0. The average Bonchev–Trinajstić information content (AvgIpc) is 2.31. The van der Waals surface area contributed by atoms with E-state index in [1.54, 1.807) is 6.20 Å². The molecule has 0 fully saturated rings. The zero-order valence-corrected chi connectivity index (χ0v) is 11.7. The number of hydrogen-bond acceptors (Lipinski definition) is 2. The van der Waals surface area contributed by atoms with Crippen molar-refractivity contribution in [1.82, 2.24) is 4.98 Å². The lowest BCUT2D eigenvalue weighted by molar-refractivity contribution is 0.855. The Labute approximate surface area is 114 Å². The first-order chi connectivity index (χ1) is 8.08. The summed E-state index contributed by atoms with van der Waals surface area (Å²) in [6.07, 6.45) is 3.59. The zero-order chi connectivity index (χ0) is 12.4. The first-order valence-electron chi connectivity index (χ1n) is 5.20. The molecule has 2 nitrogen and oxygen atoms in total. The number of nitrogens with zero attached hydrogens (tertiary/aromatic N) is 1. The topological polar surface area (TPSA) is 38.9 Å². The molecule has 2 rings (SSSR count). The highest BCUT2D eigenvalue weighted by Crippen LogP contribution is 2.29. The van der Waals surface area contributed by atoms with E-state index < -0.39 is 0 Å². The van der Waals surface area contributed by atoms with Crippen LogP contribution in [0, 0.1) is 6.92 Å². The Balaban J connectivity index is 2.43. The van der Waals surface area contributed by atoms with Crippen molar-refractivity contribution in [2.24, 2.45) is 5.73 Å². The van der Waals surface area contributed by atoms with E-state index in [0.29, 0.717) is 5.02 Å². The van der Waals surface area contributed by atoms with Crippen molar-refractivity contribution in [1.29, 1.82) is 0 Å². The van der Waals surface area contributed by atoms with Crippen molar-refractivity contribution in [3.8, 4) is 0 Å². The maximum Gasteiger partial charge on any atom is 0.0578 e. The number of benzene rings is 1. The van der Waals surface area contributed by atoms with E-state index in [9.17, 15) is 0 Å². The Morgan fingerprint density at radius 2 is 2.06 bits per heavy atom. The van der Waals surface area contributed by atoms with E-state index >= 15 is 0 Å². The van der Waals surface area contributed by atoms with Gasteiger partial charge in [-0.1, -0.05) is 33.6 Å². The van der Waals surface area contributed by atoms with Crippen molar-refractivity contribution in [3.05, 3.63) is 62.8 Å². The summed E-state index contributed by atoms with van der Waals surface area (Å²) in [5, 5.41) is 0.680. The maximum atomic E-state index is 6.23. The molecule has 1 atom stereocenters. The molecule has 17 heavy (non-hydrogen) atoms. The fourth-order valence-corrected chi connectivity index (χ4v) is 2.35. The summed E-state index contributed by atoms with van der Waals surface area (Å²) in [6.45, 7) is 2.00. The number of hydrogen-bond donors (Lipinski definition) is 1. The minimum Gasteiger partial charge on any atom is -0.320 e. The molecule has 1 aromatic heterocycles. The molecule has 2 aromatic rings. The molecule has 0 aliphatic heterocycles. The lowest BCUT2D eigenvalue weighted by Crippen LogP contribution is -2.13. The number of pyridine rings is 1. The summed E-state index contributed by atoms with van der Waals surface area (Å²) in [6, 6.07) is 7.41. The Kier molecular flexibility index (Phi) is 3.82. The normalized spacial score (nSPS) is 12.5. The van der Waals surface area contributed by atoms with Gasteiger partial charge < -0.3 is 5.73 Å². The summed E-state index contributed by atoms with van der Waals surface area (Å²) < 4.78 is 0.955. The Bertz CT molecular complexity index is 543. The molecule has 0 amide bonds. The van der Waals surface area contributed by atoms with Gasteiger partial charge in [-0.05, 0) is 41.8 Å². The second-order valence-corrected chi connectivity index (χ2v) is 5.23. The Morgan fingerprint density at radius 3 is 2.76 bits per heavy atom. The summed E-state index contributed by atoms with van der Waals surface area (Å²) >= 11 is 9.48. The van der Waals surface area contributed by atoms with E-state index in [2.05, 4.69) is 20.9 Å². The molecule has 4 heteroatoms. The van der Waals surface area contributed by atoms with Crippen LogP contribution in [0.5, 0.6) is 0 Å². The molecule has 0 aliphatic carbocycles. The van der Waals surface area contributed by atoms with Crippen LogP contribution in [0.25, 0.3) is 0 Å². The average molecular weight is 312 g/mol. The summed E-state index contributed by atoms with van der Waals surface area (Å²) in [5.74, 6) is 0. The van der Waals surface area contributed by atoms with Crippen molar-refractivity contribution in [2.45, 2.75) is 13.0 Å². The highest BCUT2D eigenvalue weighted by Gasteiger charge is 2.13. The monoisotopic (exact) mass is 310 g/mol. The number of aryl methyl sites for hydroxylation is 1. The van der Waals surface area contributed by atoms with E-state index in [1.807, 2.05) is 37.4 Å². The molecule has 0 spiro atoms. The zero-order valence-electron chi connectivity index (χ0n) is 9.32. The molecular formula is C13H12BrClN2. The number of rotatable bonds is 2. The van der Waals surface area contributed by atoms with Gasteiger partial charge in [-0.3, -0.25) is 4.98 Å². The molecule has 0 saturated carbocycles. The fraction of sp³-hybridized carbons (Fsp3) is 0.154. The van der Waals surface area contributed by atoms with Gasteiger partial charge in [0.25, 0.3) is 0 Å². The number of nitrogens with two attached hydrogens (primary N) is 1. The van der Waals surface area contributed by atoms with Crippen molar-refractivity contribution >= 4 is 27.5 Å². The van der Waals surface area contributed by atoms with Gasteiger partial charge in [0.1, 0.15) is 0 Å². The minimum absolute atomic E-state index is 0.226. The van der Waals surface area contributed by atoms with Gasteiger partial charge in [-0.2, -0.15) is 0 Å². The fourth-order valence-electron chi connectivity index (χ4n) is 1.68. The first-order valence-corrected chi connectivity index (χ1v) is 6.37. The second-order valence-electron chi connectivity index (χ2n) is 3.94. The molecule has 0 radical (unpaired) electrons. The van der Waals surface area contributed by atoms with Crippen LogP contribution in [0.3, 0.4) is 0 Å². The van der Waals surface area contributed by atoms with Gasteiger partial charge in [-0.15, -0.1) is 0 Å². The Hall–Kier alpha value is -0.900. The smallest absolute Gasteiger partial charge is 0.0578 e. The molecule has 2 N–H and O–H groups in total. The predicted octanol–water partition coefficient (Wildman–Crippen LogP) is 3.85. The molecular weight excluding hydrogens is 300 g/mol. The van der Waals surface area contributed by atoms with E-state index in [4.69, 9.17) is 17.3 Å². The highest BCUT2D eigenvalue weighted by molar-refractivity contribution is 9.10. The van der Waals surface area contributed by atoms with Crippen LogP contribution in [0.15, 0.2) is 41.1 Å². The van der Waals surface area contributed by atoms with Crippen LogP contribution in [0.4, 0.5) is 0 Å². The van der Waals surface area contributed by atoms with E-state index in [0.717, 1.165) is 21.2 Å². The highest BCUT2D eigenvalue weighted by atomic mass is 79.9. The molecule has 1 unspecified atom stereocenters. The standard InChI is InChI=1S/C13H12BrClN2/c1-8-4-9(7-17-6-8)13(16)11-5-10(15)2-3-12(11)14/h2-7,13H,16H2,1H3. The van der Waals surface area contributed by atoms with Crippen molar-refractivity contribution in [3.63, 3.8) is 0 Å². The predicted molar refractivity (Wildman–Crippen MR) is 74.2 cm³/mol. The number of aromatic nitrogens is 1. The molecule has 1 heterocycles. The van der Waals surface area contributed by atoms with Gasteiger partial charge >= 0.3 is 0 Å². The van der Waals surface area contributed by atoms with Crippen molar-refractivity contribution in [2.75, 3.05) is 0 Å². The third-order valence-corrected chi connectivity index (χ3v) is 3.51. The minimum atomic E-state index is -0.226. The van der Waals surface area contributed by atoms with Gasteiger partial charge in [0.05, 0.1) is 6.04 Å². The summed E-state index contributed by atoms with van der Waals surface area (Å²) in [5.41, 5.74) is 9.26. The van der Waals surface area contributed by atoms with Crippen molar-refractivity contribution < 1.29 is 0 Å². The molecule has 0 saturated heterocycles. The van der Waals surface area contributed by atoms with Gasteiger partial charge in [0.15, 0.2) is 0 Å². The third-order valence-electron chi connectivity index (χ3n) is 2.55. The van der Waals surface area contributed by atoms with Gasteiger partial charge in [0.2, 0.25) is 0 Å². The maximum absolute atomic E-state index is 6.23. The third kappa shape index (κ3) is 2.86. The molecule has 88 valence electrons. The molecule has 0 bridgehead atoms. The summed E-state index contributed by atoms with van der Waals surface area (Å²) in [7, 11) is 0. The van der Waals surface area contributed by atoms with Crippen LogP contribution >= 0.6 is 27.5 Å².